The molecule has 0 bridgehead atoms. The number of unbranched alkanes of at least 4 members (excludes halogenated alkanes) is 3. The average Bonchev–Trinajstić information content (AvgIpc) is 2.59. The van der Waals surface area contributed by atoms with E-state index >= 15 is 0 Å². The van der Waals surface area contributed by atoms with Crippen molar-refractivity contribution in [3.05, 3.63) is 0 Å². The van der Waals surface area contributed by atoms with Gasteiger partial charge in [-0.05, 0) is 6.42 Å². The van der Waals surface area contributed by atoms with Gasteiger partial charge in [0.25, 0.3) is 0 Å². The molecule has 1 aliphatic heterocycles. The van der Waals surface area contributed by atoms with Crippen LogP contribution in [0.25, 0.3) is 0 Å². The second-order valence-electron chi connectivity index (χ2n) is 6.32. The van der Waals surface area contributed by atoms with E-state index in [1.165, 1.54) is 19.3 Å². The van der Waals surface area contributed by atoms with Crippen LogP contribution in [0.1, 0.15) is 32.6 Å². The topological polar surface area (TPSA) is 69.2 Å². The van der Waals surface area contributed by atoms with Gasteiger partial charge in [0, 0.05) is 46.8 Å². The zero-order chi connectivity index (χ0) is 17.6. The summed E-state index contributed by atoms with van der Waals surface area (Å²) in [7, 11) is 3.50. The highest BCUT2D eigenvalue weighted by Crippen LogP contribution is 1.97. The van der Waals surface area contributed by atoms with E-state index in [4.69, 9.17) is 4.74 Å². The van der Waals surface area contributed by atoms with E-state index in [2.05, 4.69) is 27.4 Å². The molecule has 8 heteroatoms. The molecular weight excluding hydrogens is 433 g/mol. The molecule has 148 valence electrons. The Morgan fingerprint density at radius 2 is 1.80 bits per heavy atom. The van der Waals surface area contributed by atoms with Gasteiger partial charge in [0.05, 0.1) is 13.2 Å². The van der Waals surface area contributed by atoms with Gasteiger partial charge in [-0.1, -0.05) is 26.2 Å². The van der Waals surface area contributed by atoms with Crippen LogP contribution in [-0.4, -0.2) is 88.2 Å². The van der Waals surface area contributed by atoms with Crippen molar-refractivity contribution in [2.45, 2.75) is 32.6 Å². The molecule has 0 aromatic heterocycles. The van der Waals surface area contributed by atoms with Gasteiger partial charge >= 0.3 is 0 Å². The Labute approximate surface area is 170 Å². The van der Waals surface area contributed by atoms with E-state index in [0.717, 1.165) is 58.3 Å². The summed E-state index contributed by atoms with van der Waals surface area (Å²) in [4.78, 5) is 20.1. The van der Waals surface area contributed by atoms with E-state index in [1.54, 1.807) is 19.0 Å². The summed E-state index contributed by atoms with van der Waals surface area (Å²) in [6, 6.07) is 0. The van der Waals surface area contributed by atoms with Gasteiger partial charge in [-0.25, -0.2) is 4.99 Å². The number of hydrogen-bond donors (Lipinski definition) is 2. The average molecular weight is 469 g/mol. The van der Waals surface area contributed by atoms with Crippen molar-refractivity contribution < 1.29 is 9.53 Å². The maximum Gasteiger partial charge on any atom is 0.243 e. The van der Waals surface area contributed by atoms with E-state index in [-0.39, 0.29) is 36.4 Å². The van der Waals surface area contributed by atoms with Crippen LogP contribution in [0.5, 0.6) is 0 Å². The molecule has 0 radical (unpaired) electrons. The van der Waals surface area contributed by atoms with Gasteiger partial charge in [0.15, 0.2) is 5.96 Å². The van der Waals surface area contributed by atoms with Gasteiger partial charge in [0.2, 0.25) is 5.91 Å². The summed E-state index contributed by atoms with van der Waals surface area (Å²) in [5, 5.41) is 6.67. The SMILES string of the molecule is CCCCCCNC(=NCC(=O)N(C)C)NCCN1CCOCC1.I. The third kappa shape index (κ3) is 12.4. The number of hydrogen-bond acceptors (Lipinski definition) is 4. The number of amides is 1. The van der Waals surface area contributed by atoms with E-state index < -0.39 is 0 Å². The monoisotopic (exact) mass is 469 g/mol. The van der Waals surface area contributed by atoms with Gasteiger partial charge in [-0.3, -0.25) is 9.69 Å². The minimum absolute atomic E-state index is 0. The molecule has 1 aliphatic rings. The molecule has 1 fully saturated rings. The number of likely N-dealkylation sites (N-methyl/N-ethyl adjacent to an activating group) is 1. The van der Waals surface area contributed by atoms with Gasteiger partial charge < -0.3 is 20.3 Å². The molecule has 2 N–H and O–H groups in total. The predicted octanol–water partition coefficient (Wildman–Crippen LogP) is 1.14. The summed E-state index contributed by atoms with van der Waals surface area (Å²) in [6.07, 6.45) is 4.84. The summed E-state index contributed by atoms with van der Waals surface area (Å²) >= 11 is 0. The van der Waals surface area contributed by atoms with Crippen molar-refractivity contribution in [2.24, 2.45) is 4.99 Å². The first-order valence-electron chi connectivity index (χ1n) is 9.16. The van der Waals surface area contributed by atoms with Gasteiger partial charge in [0.1, 0.15) is 6.54 Å². The number of nitrogens with zero attached hydrogens (tertiary/aromatic N) is 3. The highest BCUT2D eigenvalue weighted by Gasteiger charge is 2.10. The Balaban J connectivity index is 0.00000576. The quantitative estimate of drug-likeness (QED) is 0.218. The lowest BCUT2D eigenvalue weighted by Crippen LogP contribution is -2.45. The van der Waals surface area contributed by atoms with Crippen molar-refractivity contribution >= 4 is 35.8 Å². The molecule has 0 spiro atoms. The van der Waals surface area contributed by atoms with E-state index in [9.17, 15) is 4.79 Å². The van der Waals surface area contributed by atoms with Crippen molar-refractivity contribution in [3.63, 3.8) is 0 Å². The van der Waals surface area contributed by atoms with Crippen LogP contribution in [0.15, 0.2) is 4.99 Å². The molecule has 1 amide bonds. The normalized spacial score (nSPS) is 15.4. The van der Waals surface area contributed by atoms with Crippen LogP contribution in [0.4, 0.5) is 0 Å². The fourth-order valence-electron chi connectivity index (χ4n) is 2.38. The summed E-state index contributed by atoms with van der Waals surface area (Å²) < 4.78 is 5.36. The molecule has 0 aromatic carbocycles. The van der Waals surface area contributed by atoms with Crippen LogP contribution in [0.3, 0.4) is 0 Å². The first kappa shape index (κ1) is 24.4. The largest absolute Gasteiger partial charge is 0.379 e. The molecule has 0 saturated carbocycles. The Kier molecular flexibility index (Phi) is 15.2. The molecule has 7 nitrogen and oxygen atoms in total. The number of carbonyl (C=O) groups excluding carboxylic acids is 1. The summed E-state index contributed by atoms with van der Waals surface area (Å²) in [5.41, 5.74) is 0. The molecular formula is C17H36IN5O2. The molecule has 1 rings (SSSR count). The van der Waals surface area contributed by atoms with Crippen molar-refractivity contribution in [1.29, 1.82) is 0 Å². The molecule has 1 heterocycles. The van der Waals surface area contributed by atoms with Crippen molar-refractivity contribution in [1.82, 2.24) is 20.4 Å². The van der Waals surface area contributed by atoms with E-state index in [0.29, 0.717) is 0 Å². The van der Waals surface area contributed by atoms with Crippen LogP contribution in [-0.2, 0) is 9.53 Å². The number of rotatable bonds is 10. The molecule has 25 heavy (non-hydrogen) atoms. The molecule has 0 aromatic rings. The van der Waals surface area contributed by atoms with Crippen LogP contribution in [0.2, 0.25) is 0 Å². The zero-order valence-corrected chi connectivity index (χ0v) is 18.4. The fraction of sp³-hybridized carbons (Fsp3) is 0.882. The Morgan fingerprint density at radius 3 is 2.44 bits per heavy atom. The molecule has 1 saturated heterocycles. The summed E-state index contributed by atoms with van der Waals surface area (Å²) in [6.45, 7) is 8.64. The van der Waals surface area contributed by atoms with Crippen LogP contribution in [0, 0.1) is 0 Å². The molecule has 0 unspecified atom stereocenters. The van der Waals surface area contributed by atoms with Gasteiger partial charge in [-0.2, -0.15) is 0 Å². The lowest BCUT2D eigenvalue weighted by molar-refractivity contribution is -0.127. The van der Waals surface area contributed by atoms with E-state index in [1.807, 2.05) is 0 Å². The Hall–Kier alpha value is -0.610. The second kappa shape index (κ2) is 15.6. The Morgan fingerprint density at radius 1 is 1.12 bits per heavy atom. The maximum absolute atomic E-state index is 11.7. The first-order chi connectivity index (χ1) is 11.6. The number of carbonyl (C=O) groups is 1. The van der Waals surface area contributed by atoms with Gasteiger partial charge in [-0.15, -0.1) is 24.0 Å². The number of nitrogens with one attached hydrogen (secondary N) is 2. The fourth-order valence-corrected chi connectivity index (χ4v) is 2.38. The third-order valence-corrected chi connectivity index (χ3v) is 4.02. The molecule has 0 atom stereocenters. The number of halogens is 1. The summed E-state index contributed by atoms with van der Waals surface area (Å²) in [5.74, 6) is 0.741. The zero-order valence-electron chi connectivity index (χ0n) is 16.1. The maximum atomic E-state index is 11.7. The lowest BCUT2D eigenvalue weighted by atomic mass is 10.2. The number of guanidine groups is 1. The number of aliphatic imine (C=N–C) groups is 1. The van der Waals surface area contributed by atoms with Crippen LogP contribution >= 0.6 is 24.0 Å². The second-order valence-corrected chi connectivity index (χ2v) is 6.32. The number of ether oxygens (including phenoxy) is 1. The standard InChI is InChI=1S/C17H35N5O2.HI/c1-4-5-6-7-8-18-17(20-15-16(23)21(2)3)19-9-10-22-11-13-24-14-12-22;/h4-15H2,1-3H3,(H2,18,19,20);1H. The van der Waals surface area contributed by atoms with Crippen molar-refractivity contribution in [2.75, 3.05) is 66.6 Å². The van der Waals surface area contributed by atoms with Crippen molar-refractivity contribution in [3.8, 4) is 0 Å². The smallest absolute Gasteiger partial charge is 0.243 e. The third-order valence-electron chi connectivity index (χ3n) is 4.02. The number of morpholine rings is 1. The highest BCUT2D eigenvalue weighted by molar-refractivity contribution is 14.0. The predicted molar refractivity (Wildman–Crippen MR) is 114 cm³/mol. The van der Waals surface area contributed by atoms with Crippen LogP contribution < -0.4 is 10.6 Å². The minimum Gasteiger partial charge on any atom is -0.379 e. The molecule has 0 aliphatic carbocycles. The highest BCUT2D eigenvalue weighted by atomic mass is 127. The minimum atomic E-state index is 0. The Bertz CT molecular complexity index is 374. The first-order valence-corrected chi connectivity index (χ1v) is 9.16. The lowest BCUT2D eigenvalue weighted by Gasteiger charge is -2.26.